The molecule has 6 nitrogen and oxygen atoms in total. The van der Waals surface area contributed by atoms with Crippen molar-refractivity contribution in [3.8, 4) is 0 Å². The summed E-state index contributed by atoms with van der Waals surface area (Å²) in [6, 6.07) is 0. The largest absolute Gasteiger partial charge is 0.369 e. The fraction of sp³-hybridized carbons (Fsp3) is 0.692. The summed E-state index contributed by atoms with van der Waals surface area (Å²) in [6.45, 7) is 7.47. The van der Waals surface area contributed by atoms with Gasteiger partial charge in [0.15, 0.2) is 0 Å². The van der Waals surface area contributed by atoms with Gasteiger partial charge in [0.2, 0.25) is 5.91 Å². The quantitative estimate of drug-likeness (QED) is 0.805. The number of carbonyl (C=O) groups excluding carboxylic acids is 1. The Bertz CT molecular complexity index is 411. The van der Waals surface area contributed by atoms with Gasteiger partial charge < -0.3 is 19.9 Å². The van der Waals surface area contributed by atoms with Crippen LogP contribution in [0.2, 0.25) is 0 Å². The Labute approximate surface area is 113 Å². The Balaban J connectivity index is 1.93. The first kappa shape index (κ1) is 14.0. The second-order valence-electron chi connectivity index (χ2n) is 5.21. The number of imidazole rings is 1. The number of aromatic nitrogens is 2. The summed E-state index contributed by atoms with van der Waals surface area (Å²) in [6.07, 6.45) is 3.43. The zero-order valence-electron chi connectivity index (χ0n) is 11.6. The number of rotatable bonds is 5. The first-order valence-electron chi connectivity index (χ1n) is 6.76. The summed E-state index contributed by atoms with van der Waals surface area (Å²) in [5.41, 5.74) is 0.951. The lowest BCUT2D eigenvalue weighted by Crippen LogP contribution is -2.35. The molecule has 2 heterocycles. The molecule has 0 bridgehead atoms. The first-order valence-corrected chi connectivity index (χ1v) is 6.76. The van der Waals surface area contributed by atoms with Crippen LogP contribution in [0.25, 0.3) is 0 Å². The van der Waals surface area contributed by atoms with E-state index in [1.165, 1.54) is 0 Å². The zero-order chi connectivity index (χ0) is 13.7. The highest BCUT2D eigenvalue weighted by molar-refractivity contribution is 5.75. The van der Waals surface area contributed by atoms with E-state index in [-0.39, 0.29) is 12.0 Å². The molecule has 1 unspecified atom stereocenters. The zero-order valence-corrected chi connectivity index (χ0v) is 11.6. The summed E-state index contributed by atoms with van der Waals surface area (Å²) >= 11 is 0. The Morgan fingerprint density at radius 2 is 2.53 bits per heavy atom. The van der Waals surface area contributed by atoms with E-state index in [9.17, 15) is 4.79 Å². The predicted molar refractivity (Wildman–Crippen MR) is 71.6 cm³/mol. The van der Waals surface area contributed by atoms with Crippen LogP contribution in [-0.2, 0) is 16.1 Å². The Morgan fingerprint density at radius 1 is 1.68 bits per heavy atom. The van der Waals surface area contributed by atoms with Crippen LogP contribution in [0.4, 0.5) is 0 Å². The average Bonchev–Trinajstić information content (AvgIpc) is 2.85. The molecule has 0 aliphatic carbocycles. The molecule has 0 radical (unpaired) electrons. The number of morpholine rings is 1. The third-order valence-corrected chi connectivity index (χ3v) is 3.02. The fourth-order valence-electron chi connectivity index (χ4n) is 2.02. The van der Waals surface area contributed by atoms with Gasteiger partial charge in [-0.15, -0.1) is 0 Å². The van der Waals surface area contributed by atoms with Crippen LogP contribution in [0.3, 0.4) is 0 Å². The minimum atomic E-state index is -0.0193. The van der Waals surface area contributed by atoms with E-state index in [1.807, 2.05) is 4.57 Å². The van der Waals surface area contributed by atoms with Gasteiger partial charge in [-0.2, -0.15) is 0 Å². The van der Waals surface area contributed by atoms with Gasteiger partial charge in [0.05, 0.1) is 24.8 Å². The van der Waals surface area contributed by atoms with Crippen molar-refractivity contribution in [2.45, 2.75) is 26.5 Å². The van der Waals surface area contributed by atoms with Gasteiger partial charge in [-0.25, -0.2) is 4.98 Å². The van der Waals surface area contributed by atoms with Crippen molar-refractivity contribution in [2.24, 2.45) is 5.92 Å². The fourth-order valence-corrected chi connectivity index (χ4v) is 2.02. The van der Waals surface area contributed by atoms with Crippen molar-refractivity contribution < 1.29 is 9.53 Å². The van der Waals surface area contributed by atoms with E-state index in [2.05, 4.69) is 29.5 Å². The smallest absolute Gasteiger partial charge is 0.239 e. The highest BCUT2D eigenvalue weighted by Gasteiger charge is 2.20. The average molecular weight is 266 g/mol. The topological polar surface area (TPSA) is 68.2 Å². The standard InChI is InChI=1S/C13H22N4O2/c1-10(2)5-16-13(18)8-17-9-15-6-11(17)12-7-14-3-4-19-12/h6,9-10,12,14H,3-5,7-8H2,1-2H3,(H,16,18). The van der Waals surface area contributed by atoms with Crippen molar-refractivity contribution in [2.75, 3.05) is 26.2 Å². The van der Waals surface area contributed by atoms with Crippen molar-refractivity contribution >= 4 is 5.91 Å². The van der Waals surface area contributed by atoms with Crippen LogP contribution >= 0.6 is 0 Å². The predicted octanol–water partition coefficient (Wildman–Crippen LogP) is 0.316. The number of ether oxygens (including phenoxy) is 1. The third-order valence-electron chi connectivity index (χ3n) is 3.02. The monoisotopic (exact) mass is 266 g/mol. The molecule has 1 atom stereocenters. The lowest BCUT2D eigenvalue weighted by atomic mass is 10.2. The van der Waals surface area contributed by atoms with Crippen molar-refractivity contribution in [3.05, 3.63) is 18.2 Å². The molecular weight excluding hydrogens is 244 g/mol. The Hall–Kier alpha value is -1.40. The van der Waals surface area contributed by atoms with Gasteiger partial charge >= 0.3 is 0 Å². The number of nitrogens with zero attached hydrogens (tertiary/aromatic N) is 2. The molecule has 1 aliphatic heterocycles. The highest BCUT2D eigenvalue weighted by atomic mass is 16.5. The second-order valence-corrected chi connectivity index (χ2v) is 5.21. The minimum absolute atomic E-state index is 0.0109. The van der Waals surface area contributed by atoms with Gasteiger partial charge in [0, 0.05) is 19.6 Å². The first-order chi connectivity index (χ1) is 9.16. The maximum atomic E-state index is 11.8. The van der Waals surface area contributed by atoms with Crippen molar-refractivity contribution in [1.29, 1.82) is 0 Å². The molecule has 0 aromatic carbocycles. The van der Waals surface area contributed by atoms with Crippen molar-refractivity contribution in [1.82, 2.24) is 20.2 Å². The van der Waals surface area contributed by atoms with Crippen LogP contribution < -0.4 is 10.6 Å². The normalized spacial score (nSPS) is 19.6. The second kappa shape index (κ2) is 6.68. The molecule has 2 rings (SSSR count). The molecule has 1 aliphatic rings. The Morgan fingerprint density at radius 3 is 3.21 bits per heavy atom. The van der Waals surface area contributed by atoms with Crippen LogP contribution in [0.1, 0.15) is 25.6 Å². The van der Waals surface area contributed by atoms with Gasteiger partial charge in [0.1, 0.15) is 12.6 Å². The van der Waals surface area contributed by atoms with Gasteiger partial charge in [-0.05, 0) is 5.92 Å². The van der Waals surface area contributed by atoms with Crippen molar-refractivity contribution in [3.63, 3.8) is 0 Å². The summed E-state index contributed by atoms with van der Waals surface area (Å²) in [7, 11) is 0. The molecule has 1 aromatic rings. The summed E-state index contributed by atoms with van der Waals surface area (Å²) in [4.78, 5) is 16.0. The maximum absolute atomic E-state index is 11.8. The van der Waals surface area contributed by atoms with Gasteiger partial charge in [-0.3, -0.25) is 4.79 Å². The molecule has 1 fully saturated rings. The van der Waals surface area contributed by atoms with Crippen LogP contribution in [-0.4, -0.2) is 41.7 Å². The van der Waals surface area contributed by atoms with Crippen LogP contribution in [0.15, 0.2) is 12.5 Å². The molecule has 0 spiro atoms. The van der Waals surface area contributed by atoms with E-state index < -0.39 is 0 Å². The third kappa shape index (κ3) is 4.04. The van der Waals surface area contributed by atoms with E-state index >= 15 is 0 Å². The minimum Gasteiger partial charge on any atom is -0.369 e. The lowest BCUT2D eigenvalue weighted by molar-refractivity contribution is -0.121. The van der Waals surface area contributed by atoms with Crippen LogP contribution in [0.5, 0.6) is 0 Å². The number of nitrogens with one attached hydrogen (secondary N) is 2. The van der Waals surface area contributed by atoms with E-state index in [0.29, 0.717) is 25.6 Å². The summed E-state index contributed by atoms with van der Waals surface area (Å²) < 4.78 is 7.54. The van der Waals surface area contributed by atoms with E-state index in [4.69, 9.17) is 4.74 Å². The molecule has 6 heteroatoms. The van der Waals surface area contributed by atoms with E-state index in [1.54, 1.807) is 12.5 Å². The van der Waals surface area contributed by atoms with Crippen LogP contribution in [0, 0.1) is 5.92 Å². The molecule has 1 amide bonds. The molecule has 19 heavy (non-hydrogen) atoms. The number of amides is 1. The number of hydrogen-bond acceptors (Lipinski definition) is 4. The van der Waals surface area contributed by atoms with Gasteiger partial charge in [0.25, 0.3) is 0 Å². The molecule has 2 N–H and O–H groups in total. The lowest BCUT2D eigenvalue weighted by Gasteiger charge is -2.24. The van der Waals surface area contributed by atoms with Gasteiger partial charge in [-0.1, -0.05) is 13.8 Å². The molecular formula is C13H22N4O2. The molecule has 0 saturated carbocycles. The Kier molecular flexibility index (Phi) is 4.93. The SMILES string of the molecule is CC(C)CNC(=O)Cn1cncc1C1CNCCO1. The number of hydrogen-bond donors (Lipinski definition) is 2. The maximum Gasteiger partial charge on any atom is 0.239 e. The summed E-state index contributed by atoms with van der Waals surface area (Å²) in [5.74, 6) is 0.466. The molecule has 106 valence electrons. The molecule has 1 saturated heterocycles. The highest BCUT2D eigenvalue weighted by Crippen LogP contribution is 2.18. The molecule has 1 aromatic heterocycles. The number of carbonyl (C=O) groups is 1. The van der Waals surface area contributed by atoms with E-state index in [0.717, 1.165) is 18.8 Å². The summed E-state index contributed by atoms with van der Waals surface area (Å²) in [5, 5.41) is 6.18.